The molecule has 1 N–H and O–H groups in total. The molecule has 1 saturated heterocycles. The van der Waals surface area contributed by atoms with E-state index in [1.165, 1.54) is 0 Å². The second-order valence-corrected chi connectivity index (χ2v) is 8.82. The summed E-state index contributed by atoms with van der Waals surface area (Å²) in [5, 5.41) is 10.8. The second-order valence-electron chi connectivity index (χ2n) is 8.82. The Kier molecular flexibility index (Phi) is 7.47. The maximum absolute atomic E-state index is 12.7. The zero-order valence-corrected chi connectivity index (χ0v) is 20.1. The van der Waals surface area contributed by atoms with E-state index in [2.05, 4.69) is 15.0 Å². The molecule has 0 aliphatic carbocycles. The first-order chi connectivity index (χ1) is 15.7. The van der Waals surface area contributed by atoms with E-state index >= 15 is 0 Å². The molecule has 178 valence electrons. The van der Waals surface area contributed by atoms with Crippen molar-refractivity contribution in [3.05, 3.63) is 24.3 Å². The molecule has 0 bridgehead atoms. The third kappa shape index (κ3) is 5.57. The quantitative estimate of drug-likeness (QED) is 0.683. The summed E-state index contributed by atoms with van der Waals surface area (Å²) in [6.07, 6.45) is 6.40. The van der Waals surface area contributed by atoms with Crippen LogP contribution >= 0.6 is 0 Å². The lowest BCUT2D eigenvalue weighted by molar-refractivity contribution is 0.00700. The predicted octanol–water partition coefficient (Wildman–Crippen LogP) is 2.56. The SMILES string of the molecule is C/N=C\C=C(/C)c1nc(N2CCN(C(=O)OC(C)(C)C)[C@@H](CO)C2)c2c(OC)cncc2n1. The Morgan fingerprint density at radius 1 is 1.30 bits per heavy atom. The van der Waals surface area contributed by atoms with Crippen LogP contribution in [0.4, 0.5) is 10.6 Å². The molecule has 0 aromatic carbocycles. The maximum atomic E-state index is 12.7. The van der Waals surface area contributed by atoms with E-state index in [1.54, 1.807) is 37.7 Å². The normalized spacial score (nSPS) is 17.7. The third-order valence-electron chi connectivity index (χ3n) is 5.22. The van der Waals surface area contributed by atoms with Crippen LogP contribution in [0.5, 0.6) is 5.75 Å². The van der Waals surface area contributed by atoms with Gasteiger partial charge in [0.25, 0.3) is 0 Å². The Morgan fingerprint density at radius 2 is 2.06 bits per heavy atom. The highest BCUT2D eigenvalue weighted by molar-refractivity contribution is 5.95. The summed E-state index contributed by atoms with van der Waals surface area (Å²) in [5.74, 6) is 1.77. The summed E-state index contributed by atoms with van der Waals surface area (Å²) >= 11 is 0. The molecule has 3 heterocycles. The van der Waals surface area contributed by atoms with E-state index in [-0.39, 0.29) is 6.61 Å². The number of methoxy groups -OCH3 is 1. The van der Waals surface area contributed by atoms with Crippen LogP contribution in [0, 0.1) is 0 Å². The number of aliphatic imine (C=N–C) groups is 1. The second kappa shape index (κ2) is 10.1. The predicted molar refractivity (Wildman–Crippen MR) is 128 cm³/mol. The highest BCUT2D eigenvalue weighted by Gasteiger charge is 2.34. The van der Waals surface area contributed by atoms with E-state index in [0.29, 0.717) is 42.5 Å². The fourth-order valence-corrected chi connectivity index (χ4v) is 3.62. The lowest BCUT2D eigenvalue weighted by Gasteiger charge is -2.41. The fourth-order valence-electron chi connectivity index (χ4n) is 3.62. The van der Waals surface area contributed by atoms with Gasteiger partial charge in [0.1, 0.15) is 17.2 Å². The standard InChI is InChI=1S/C23H32N6O4/c1-15(7-8-24-5)20-26-17-11-25-12-18(32-6)19(17)21(27-20)28-9-10-29(16(13-28)14-30)22(31)33-23(2,3)4/h7-8,11-12,16,30H,9-10,13-14H2,1-6H3/b15-7+,24-8-/t16-/m1/s1. The van der Waals surface area contributed by atoms with Crippen LogP contribution in [0.1, 0.15) is 33.5 Å². The zero-order valence-electron chi connectivity index (χ0n) is 20.1. The molecule has 0 radical (unpaired) electrons. The van der Waals surface area contributed by atoms with Crippen molar-refractivity contribution in [2.24, 2.45) is 4.99 Å². The van der Waals surface area contributed by atoms with Gasteiger partial charge in [0, 0.05) is 32.9 Å². The highest BCUT2D eigenvalue weighted by atomic mass is 16.6. The average molecular weight is 457 g/mol. The number of anilines is 1. The topological polar surface area (TPSA) is 113 Å². The van der Waals surface area contributed by atoms with Gasteiger partial charge in [0.15, 0.2) is 5.82 Å². The number of hydrogen-bond acceptors (Lipinski definition) is 9. The third-order valence-corrected chi connectivity index (χ3v) is 5.22. The van der Waals surface area contributed by atoms with Crippen LogP contribution in [0.3, 0.4) is 0 Å². The minimum atomic E-state index is -0.613. The Balaban J connectivity index is 2.02. The molecule has 2 aromatic rings. The van der Waals surface area contributed by atoms with Crippen molar-refractivity contribution in [1.82, 2.24) is 19.9 Å². The molecule has 1 amide bonds. The highest BCUT2D eigenvalue weighted by Crippen LogP contribution is 2.34. The van der Waals surface area contributed by atoms with E-state index in [0.717, 1.165) is 11.0 Å². The first-order valence-electron chi connectivity index (χ1n) is 10.8. The smallest absolute Gasteiger partial charge is 0.410 e. The van der Waals surface area contributed by atoms with Crippen LogP contribution < -0.4 is 9.64 Å². The first-order valence-corrected chi connectivity index (χ1v) is 10.8. The van der Waals surface area contributed by atoms with Crippen LogP contribution in [-0.4, -0.2) is 89.3 Å². The number of aromatic nitrogens is 3. The molecular weight excluding hydrogens is 424 g/mol. The monoisotopic (exact) mass is 456 g/mol. The number of nitrogens with zero attached hydrogens (tertiary/aromatic N) is 6. The van der Waals surface area contributed by atoms with Crippen LogP contribution in [-0.2, 0) is 4.74 Å². The summed E-state index contributed by atoms with van der Waals surface area (Å²) in [4.78, 5) is 34.1. The number of allylic oxidation sites excluding steroid dienone is 2. The molecule has 0 unspecified atom stereocenters. The molecule has 1 aliphatic rings. The molecular formula is C23H32N6O4. The summed E-state index contributed by atoms with van der Waals surface area (Å²) < 4.78 is 11.1. The van der Waals surface area contributed by atoms with Gasteiger partial charge in [-0.2, -0.15) is 0 Å². The van der Waals surface area contributed by atoms with Gasteiger partial charge in [0.2, 0.25) is 0 Å². The molecule has 1 aliphatic heterocycles. The van der Waals surface area contributed by atoms with E-state index in [9.17, 15) is 9.90 Å². The Labute approximate surface area is 194 Å². The summed E-state index contributed by atoms with van der Waals surface area (Å²) in [5.41, 5.74) is 0.876. The summed E-state index contributed by atoms with van der Waals surface area (Å²) in [6.45, 7) is 8.45. The number of hydrogen-bond donors (Lipinski definition) is 1. The van der Waals surface area contributed by atoms with Crippen molar-refractivity contribution in [3.8, 4) is 5.75 Å². The molecule has 0 saturated carbocycles. The Morgan fingerprint density at radius 3 is 2.70 bits per heavy atom. The molecule has 0 spiro atoms. The number of fused-ring (bicyclic) bond motifs is 1. The maximum Gasteiger partial charge on any atom is 0.410 e. The minimum absolute atomic E-state index is 0.198. The minimum Gasteiger partial charge on any atom is -0.494 e. The van der Waals surface area contributed by atoms with Gasteiger partial charge in [-0.3, -0.25) is 14.9 Å². The largest absolute Gasteiger partial charge is 0.494 e. The lowest BCUT2D eigenvalue weighted by atomic mass is 10.1. The fraction of sp³-hybridized carbons (Fsp3) is 0.522. The number of carbonyl (C=O) groups excluding carboxylic acids is 1. The van der Waals surface area contributed by atoms with Gasteiger partial charge in [0.05, 0.1) is 43.1 Å². The number of pyridine rings is 1. The van der Waals surface area contributed by atoms with E-state index in [4.69, 9.17) is 14.5 Å². The van der Waals surface area contributed by atoms with Crippen molar-refractivity contribution in [2.45, 2.75) is 39.3 Å². The van der Waals surface area contributed by atoms with Gasteiger partial charge in [-0.15, -0.1) is 0 Å². The molecule has 10 nitrogen and oxygen atoms in total. The molecule has 1 fully saturated rings. The molecule has 2 aromatic heterocycles. The van der Waals surface area contributed by atoms with Crippen molar-refractivity contribution >= 4 is 34.6 Å². The van der Waals surface area contributed by atoms with Gasteiger partial charge in [-0.1, -0.05) is 0 Å². The van der Waals surface area contributed by atoms with Crippen LogP contribution in [0.2, 0.25) is 0 Å². The van der Waals surface area contributed by atoms with Gasteiger partial charge in [-0.25, -0.2) is 14.8 Å². The van der Waals surface area contributed by atoms with Crippen LogP contribution in [0.15, 0.2) is 23.5 Å². The van der Waals surface area contributed by atoms with Crippen molar-refractivity contribution in [1.29, 1.82) is 0 Å². The van der Waals surface area contributed by atoms with E-state index < -0.39 is 17.7 Å². The number of aliphatic hydroxyl groups excluding tert-OH is 1. The molecule has 3 rings (SSSR count). The Hall–Kier alpha value is -3.27. The molecule has 33 heavy (non-hydrogen) atoms. The number of amides is 1. The number of aliphatic hydroxyl groups is 1. The van der Waals surface area contributed by atoms with Crippen molar-refractivity contribution in [3.63, 3.8) is 0 Å². The number of rotatable bonds is 5. The number of piperazine rings is 1. The summed E-state index contributed by atoms with van der Waals surface area (Å²) in [7, 11) is 3.28. The van der Waals surface area contributed by atoms with Gasteiger partial charge < -0.3 is 19.5 Å². The van der Waals surface area contributed by atoms with Gasteiger partial charge >= 0.3 is 6.09 Å². The molecule has 10 heteroatoms. The van der Waals surface area contributed by atoms with Gasteiger partial charge in [-0.05, 0) is 39.3 Å². The molecule has 1 atom stereocenters. The number of carbonyl (C=O) groups is 1. The van der Waals surface area contributed by atoms with Crippen molar-refractivity contribution in [2.75, 3.05) is 45.3 Å². The first kappa shape index (κ1) is 24.4. The summed E-state index contributed by atoms with van der Waals surface area (Å²) in [6, 6.07) is -0.446. The lowest BCUT2D eigenvalue weighted by Crippen LogP contribution is -2.57. The number of ether oxygens (including phenoxy) is 2. The van der Waals surface area contributed by atoms with Crippen LogP contribution in [0.25, 0.3) is 16.5 Å². The van der Waals surface area contributed by atoms with Crippen molar-refractivity contribution < 1.29 is 19.4 Å². The Bertz CT molecular complexity index is 1060. The average Bonchev–Trinajstić information content (AvgIpc) is 2.79. The van der Waals surface area contributed by atoms with E-state index in [1.807, 2.05) is 38.7 Å². The zero-order chi connectivity index (χ0) is 24.2.